The van der Waals surface area contributed by atoms with Crippen LogP contribution in [0.2, 0.25) is 0 Å². The highest BCUT2D eigenvalue weighted by molar-refractivity contribution is 5.96. The monoisotopic (exact) mass is 377 g/mol. The van der Waals surface area contributed by atoms with Crippen LogP contribution >= 0.6 is 0 Å². The van der Waals surface area contributed by atoms with Crippen LogP contribution in [-0.4, -0.2) is 56.4 Å². The van der Waals surface area contributed by atoms with E-state index in [-0.39, 0.29) is 1.43 Å². The molecular formula is C21H27N7. The fourth-order valence-corrected chi connectivity index (χ4v) is 4.43. The average Bonchev–Trinajstić information content (AvgIpc) is 3.19. The zero-order chi connectivity index (χ0) is 19.4. The normalized spacial score (nSPS) is 19.8. The number of anilines is 1. The Morgan fingerprint density at radius 2 is 2.04 bits per heavy atom. The number of pyridine rings is 1. The molecule has 0 aromatic carbocycles. The molecule has 3 aromatic rings. The van der Waals surface area contributed by atoms with E-state index in [1.165, 1.54) is 5.56 Å². The predicted molar refractivity (Wildman–Crippen MR) is 114 cm³/mol. The molecule has 0 bridgehead atoms. The first-order valence-electron chi connectivity index (χ1n) is 9.84. The van der Waals surface area contributed by atoms with Gasteiger partial charge < -0.3 is 10.2 Å². The quantitative estimate of drug-likeness (QED) is 0.752. The summed E-state index contributed by atoms with van der Waals surface area (Å²) in [6, 6.07) is 4.75. The number of fused-ring (bicyclic) bond motifs is 2. The van der Waals surface area contributed by atoms with Gasteiger partial charge >= 0.3 is 0 Å². The van der Waals surface area contributed by atoms with E-state index in [1.807, 2.05) is 23.1 Å². The van der Waals surface area contributed by atoms with Crippen molar-refractivity contribution in [1.82, 2.24) is 24.5 Å². The van der Waals surface area contributed by atoms with Crippen LogP contribution in [0.15, 0.2) is 35.7 Å². The molecule has 1 unspecified atom stereocenters. The van der Waals surface area contributed by atoms with Gasteiger partial charge in [-0.25, -0.2) is 19.5 Å². The number of hydrogen-bond acceptors (Lipinski definition) is 6. The molecule has 7 nitrogen and oxygen atoms in total. The van der Waals surface area contributed by atoms with Crippen LogP contribution in [0, 0.1) is 5.92 Å². The van der Waals surface area contributed by atoms with Crippen LogP contribution in [0.1, 0.15) is 33.7 Å². The Hall–Kier alpha value is -2.80. The molecule has 1 N–H and O–H groups in total. The Morgan fingerprint density at radius 3 is 2.79 bits per heavy atom. The lowest BCUT2D eigenvalue weighted by atomic mass is 9.86. The van der Waals surface area contributed by atoms with Crippen LogP contribution < -0.4 is 5.32 Å². The number of rotatable bonds is 4. The lowest BCUT2D eigenvalue weighted by molar-refractivity contribution is 0.204. The number of aliphatic imine (C=N–C) groups is 1. The molecule has 1 saturated heterocycles. The van der Waals surface area contributed by atoms with Crippen molar-refractivity contribution in [1.29, 1.82) is 0 Å². The SMILES string of the molecule is CC1=Nc2ncc(-c3ccn4nc(NC5CN(C)C5)ncc34)cc2C1C(C)C.[HH]. The number of nitrogens with one attached hydrogen (secondary N) is 1. The number of aromatic nitrogens is 4. The highest BCUT2D eigenvalue weighted by Crippen LogP contribution is 2.40. The molecule has 28 heavy (non-hydrogen) atoms. The third-order valence-electron chi connectivity index (χ3n) is 5.75. The largest absolute Gasteiger partial charge is 0.348 e. The average molecular weight is 377 g/mol. The molecule has 7 heteroatoms. The summed E-state index contributed by atoms with van der Waals surface area (Å²) in [4.78, 5) is 16.1. The van der Waals surface area contributed by atoms with Crippen LogP contribution in [-0.2, 0) is 0 Å². The van der Waals surface area contributed by atoms with Crippen molar-refractivity contribution in [3.8, 4) is 11.1 Å². The topological polar surface area (TPSA) is 70.7 Å². The summed E-state index contributed by atoms with van der Waals surface area (Å²) in [5, 5.41) is 8.02. The number of nitrogens with zero attached hydrogens (tertiary/aromatic N) is 6. The Bertz CT molecular complexity index is 1080. The summed E-state index contributed by atoms with van der Waals surface area (Å²) in [6.45, 7) is 8.63. The second kappa shape index (κ2) is 6.38. The molecule has 0 amide bonds. The summed E-state index contributed by atoms with van der Waals surface area (Å²) < 4.78 is 1.89. The van der Waals surface area contributed by atoms with E-state index >= 15 is 0 Å². The zero-order valence-corrected chi connectivity index (χ0v) is 16.7. The number of likely N-dealkylation sites (N-methyl/N-ethyl adjacent to an activating group) is 1. The molecule has 1 fully saturated rings. The van der Waals surface area contributed by atoms with E-state index < -0.39 is 0 Å². The van der Waals surface area contributed by atoms with Gasteiger partial charge in [-0.2, -0.15) is 0 Å². The molecule has 146 valence electrons. The summed E-state index contributed by atoms with van der Waals surface area (Å²) in [7, 11) is 2.11. The molecule has 0 aliphatic carbocycles. The molecule has 0 radical (unpaired) electrons. The lowest BCUT2D eigenvalue weighted by Gasteiger charge is -2.36. The van der Waals surface area contributed by atoms with Gasteiger partial charge in [0.1, 0.15) is 0 Å². The molecule has 5 rings (SSSR count). The van der Waals surface area contributed by atoms with Crippen molar-refractivity contribution in [3.05, 3.63) is 36.3 Å². The maximum atomic E-state index is 4.66. The van der Waals surface area contributed by atoms with Crippen LogP contribution in [0.25, 0.3) is 16.6 Å². The Balaban J connectivity index is 0.00000205. The number of hydrogen-bond donors (Lipinski definition) is 1. The van der Waals surface area contributed by atoms with Gasteiger partial charge in [0.25, 0.3) is 0 Å². The maximum absolute atomic E-state index is 4.66. The molecule has 3 aromatic heterocycles. The van der Waals surface area contributed by atoms with Gasteiger partial charge in [0.05, 0.1) is 17.8 Å². The predicted octanol–water partition coefficient (Wildman–Crippen LogP) is 3.61. The first-order chi connectivity index (χ1) is 13.5. The minimum absolute atomic E-state index is 0. The molecule has 1 atom stereocenters. The summed E-state index contributed by atoms with van der Waals surface area (Å²) >= 11 is 0. The third kappa shape index (κ3) is 2.77. The standard InChI is InChI=1S/C21H25N7.H2/c1-12(2)19-13(3)24-20-17(19)7-14(8-22-20)16-5-6-28-18(16)9-23-21(26-28)25-15-10-27(4)11-15;/h5-9,12,15,19H,10-11H2,1-4H3,(H,25,26);1H. The van der Waals surface area contributed by atoms with Gasteiger partial charge in [0.15, 0.2) is 5.82 Å². The Kier molecular flexibility index (Phi) is 3.94. The van der Waals surface area contributed by atoms with Crippen LogP contribution in [0.4, 0.5) is 11.8 Å². The Morgan fingerprint density at radius 1 is 1.21 bits per heavy atom. The van der Waals surface area contributed by atoms with Crippen molar-refractivity contribution in [2.24, 2.45) is 10.9 Å². The molecule has 2 aliphatic rings. The van der Waals surface area contributed by atoms with Gasteiger partial charge in [-0.1, -0.05) is 13.8 Å². The molecule has 0 spiro atoms. The van der Waals surface area contributed by atoms with Crippen molar-refractivity contribution in [2.45, 2.75) is 32.7 Å². The van der Waals surface area contributed by atoms with E-state index in [1.54, 1.807) is 0 Å². The van der Waals surface area contributed by atoms with Crippen molar-refractivity contribution < 1.29 is 1.43 Å². The first kappa shape index (κ1) is 17.3. The van der Waals surface area contributed by atoms with E-state index in [2.05, 4.69) is 70.2 Å². The maximum Gasteiger partial charge on any atom is 0.241 e. The fourth-order valence-electron chi connectivity index (χ4n) is 4.43. The molecule has 0 saturated carbocycles. The summed E-state index contributed by atoms with van der Waals surface area (Å²) in [5.74, 6) is 2.36. The first-order valence-corrected chi connectivity index (χ1v) is 9.84. The minimum Gasteiger partial charge on any atom is -0.348 e. The van der Waals surface area contributed by atoms with Crippen molar-refractivity contribution in [2.75, 3.05) is 25.5 Å². The van der Waals surface area contributed by atoms with E-state index in [4.69, 9.17) is 0 Å². The van der Waals surface area contributed by atoms with Gasteiger partial charge in [-0.05, 0) is 32.0 Å². The van der Waals surface area contributed by atoms with Gasteiger partial charge in [0, 0.05) is 55.2 Å². The zero-order valence-electron chi connectivity index (χ0n) is 16.7. The van der Waals surface area contributed by atoms with Gasteiger partial charge in [0.2, 0.25) is 5.95 Å². The van der Waals surface area contributed by atoms with Crippen LogP contribution in [0.5, 0.6) is 0 Å². The van der Waals surface area contributed by atoms with E-state index in [0.717, 1.165) is 41.3 Å². The van der Waals surface area contributed by atoms with Crippen LogP contribution in [0.3, 0.4) is 0 Å². The van der Waals surface area contributed by atoms with Crippen molar-refractivity contribution in [3.63, 3.8) is 0 Å². The van der Waals surface area contributed by atoms with E-state index in [0.29, 0.717) is 23.8 Å². The summed E-state index contributed by atoms with van der Waals surface area (Å²) in [5.41, 5.74) is 5.53. The molecule has 2 aliphatic heterocycles. The fraction of sp³-hybridized carbons (Fsp3) is 0.429. The third-order valence-corrected chi connectivity index (χ3v) is 5.75. The van der Waals surface area contributed by atoms with E-state index in [9.17, 15) is 0 Å². The molecule has 5 heterocycles. The smallest absolute Gasteiger partial charge is 0.241 e. The minimum atomic E-state index is 0. The lowest BCUT2D eigenvalue weighted by Crippen LogP contribution is -2.52. The number of likely N-dealkylation sites (tertiary alicyclic amines) is 1. The highest BCUT2D eigenvalue weighted by Gasteiger charge is 2.29. The second-order valence-corrected chi connectivity index (χ2v) is 8.32. The highest BCUT2D eigenvalue weighted by atomic mass is 15.3. The van der Waals surface area contributed by atoms with Crippen molar-refractivity contribution >= 4 is 23.0 Å². The Labute approximate surface area is 166 Å². The molecular weight excluding hydrogens is 350 g/mol. The van der Waals surface area contributed by atoms with Gasteiger partial charge in [-0.15, -0.1) is 5.10 Å². The summed E-state index contributed by atoms with van der Waals surface area (Å²) in [6.07, 6.45) is 5.78. The van der Waals surface area contributed by atoms with Gasteiger partial charge in [-0.3, -0.25) is 0 Å². The second-order valence-electron chi connectivity index (χ2n) is 8.32.